The maximum Gasteiger partial charge on any atom is 0.151 e. The number of H-pyrrole nitrogens is 1. The van der Waals surface area contributed by atoms with Gasteiger partial charge < -0.3 is 20.4 Å². The Morgan fingerprint density at radius 1 is 1.10 bits per heavy atom. The quantitative estimate of drug-likeness (QED) is 0.165. The van der Waals surface area contributed by atoms with E-state index >= 15 is 0 Å². The molecule has 202 valence electrons. The van der Waals surface area contributed by atoms with E-state index in [0.717, 1.165) is 32.2 Å². The predicted molar refractivity (Wildman–Crippen MR) is 154 cm³/mol. The number of nitrogens with zero attached hydrogens (tertiary/aromatic N) is 2. The topological polar surface area (TPSA) is 109 Å². The highest BCUT2D eigenvalue weighted by atomic mass is 35.5. The van der Waals surface area contributed by atoms with Crippen molar-refractivity contribution in [3.8, 4) is 16.3 Å². The maximum atomic E-state index is 13.4. The number of fused-ring (bicyclic) bond motifs is 1. The number of thiophene rings is 1. The summed E-state index contributed by atoms with van der Waals surface area (Å²) >= 11 is 8.01. The van der Waals surface area contributed by atoms with E-state index < -0.39 is 9.84 Å². The zero-order valence-corrected chi connectivity index (χ0v) is 23.3. The Morgan fingerprint density at radius 2 is 1.97 bits per heavy atom. The lowest BCUT2D eigenvalue weighted by Crippen LogP contribution is -2.22. The van der Waals surface area contributed by atoms with Crippen LogP contribution in [0.4, 0.5) is 15.9 Å². The number of aromatic nitrogens is 3. The van der Waals surface area contributed by atoms with E-state index in [1.807, 2.05) is 24.3 Å². The molecule has 0 unspecified atom stereocenters. The zero-order valence-electron chi connectivity index (χ0n) is 20.9. The van der Waals surface area contributed by atoms with E-state index in [1.165, 1.54) is 24.7 Å². The molecule has 3 aromatic heterocycles. The van der Waals surface area contributed by atoms with Crippen LogP contribution in [0.1, 0.15) is 11.3 Å². The SMILES string of the molecule is CS(=O)(=O)CCNCc1ccc(-c2cc3ncnc(Nc4ccc(OCc5cccc(F)c5)c(Cl)c4)c3s2)[nH]1. The molecule has 5 rings (SSSR count). The summed E-state index contributed by atoms with van der Waals surface area (Å²) in [4.78, 5) is 13.2. The van der Waals surface area contributed by atoms with Crippen LogP contribution in [0.25, 0.3) is 20.8 Å². The van der Waals surface area contributed by atoms with Crippen LogP contribution in [-0.4, -0.2) is 41.9 Å². The summed E-state index contributed by atoms with van der Waals surface area (Å²) in [6.45, 7) is 1.13. The number of anilines is 2. The summed E-state index contributed by atoms with van der Waals surface area (Å²) in [7, 11) is -2.99. The van der Waals surface area contributed by atoms with Crippen molar-refractivity contribution in [3.05, 3.63) is 89.1 Å². The summed E-state index contributed by atoms with van der Waals surface area (Å²) in [6.07, 6.45) is 2.73. The molecule has 12 heteroatoms. The molecule has 0 aliphatic carbocycles. The number of halogens is 2. The number of benzene rings is 2. The molecule has 0 saturated heterocycles. The summed E-state index contributed by atoms with van der Waals surface area (Å²) in [5.41, 5.74) is 4.13. The molecule has 0 radical (unpaired) electrons. The molecule has 0 saturated carbocycles. The molecule has 8 nitrogen and oxygen atoms in total. The van der Waals surface area contributed by atoms with Crippen LogP contribution < -0.4 is 15.4 Å². The summed E-state index contributed by atoms with van der Waals surface area (Å²) < 4.78 is 42.6. The highest BCUT2D eigenvalue weighted by Gasteiger charge is 2.13. The molecule has 2 aromatic carbocycles. The second-order valence-corrected chi connectivity index (χ2v) is 12.7. The van der Waals surface area contributed by atoms with E-state index in [-0.39, 0.29) is 18.2 Å². The molecule has 0 bridgehead atoms. The van der Waals surface area contributed by atoms with E-state index in [9.17, 15) is 12.8 Å². The van der Waals surface area contributed by atoms with Gasteiger partial charge in [0.25, 0.3) is 0 Å². The fraction of sp³-hybridized carbons (Fsp3) is 0.185. The smallest absolute Gasteiger partial charge is 0.151 e. The van der Waals surface area contributed by atoms with Gasteiger partial charge in [0.15, 0.2) is 5.82 Å². The minimum absolute atomic E-state index is 0.0984. The normalized spacial score (nSPS) is 11.7. The maximum absolute atomic E-state index is 13.4. The molecule has 0 atom stereocenters. The van der Waals surface area contributed by atoms with Crippen molar-refractivity contribution in [1.29, 1.82) is 0 Å². The van der Waals surface area contributed by atoms with Crippen LogP contribution in [0.15, 0.2) is 67.0 Å². The van der Waals surface area contributed by atoms with Gasteiger partial charge in [0.05, 0.1) is 31.6 Å². The van der Waals surface area contributed by atoms with Gasteiger partial charge in [-0.1, -0.05) is 23.7 Å². The van der Waals surface area contributed by atoms with Gasteiger partial charge in [-0.3, -0.25) is 0 Å². The van der Waals surface area contributed by atoms with Gasteiger partial charge in [-0.2, -0.15) is 0 Å². The molecule has 0 fully saturated rings. The summed E-state index contributed by atoms with van der Waals surface area (Å²) in [5, 5.41) is 6.87. The lowest BCUT2D eigenvalue weighted by Gasteiger charge is -2.11. The molecule has 0 amide bonds. The second-order valence-electron chi connectivity index (χ2n) is 8.94. The second kappa shape index (κ2) is 11.7. The number of ether oxygens (including phenoxy) is 1. The minimum Gasteiger partial charge on any atom is -0.487 e. The lowest BCUT2D eigenvalue weighted by molar-refractivity contribution is 0.306. The molecular weight excluding hydrogens is 561 g/mol. The summed E-state index contributed by atoms with van der Waals surface area (Å²) in [6, 6.07) is 17.5. The predicted octanol–water partition coefficient (Wildman–Crippen LogP) is 5.94. The number of hydrogen-bond donors (Lipinski definition) is 3. The van der Waals surface area contributed by atoms with Crippen molar-refractivity contribution in [2.75, 3.05) is 23.9 Å². The van der Waals surface area contributed by atoms with Crippen molar-refractivity contribution in [3.63, 3.8) is 0 Å². The van der Waals surface area contributed by atoms with Crippen molar-refractivity contribution < 1.29 is 17.5 Å². The molecule has 5 aromatic rings. The van der Waals surface area contributed by atoms with Crippen LogP contribution in [-0.2, 0) is 23.0 Å². The van der Waals surface area contributed by atoms with Crippen LogP contribution >= 0.6 is 22.9 Å². The number of sulfone groups is 1. The first-order valence-corrected chi connectivity index (χ1v) is 15.2. The van der Waals surface area contributed by atoms with Crippen LogP contribution in [0.5, 0.6) is 5.75 Å². The molecule has 0 aliphatic rings. The Hall–Kier alpha value is -3.51. The Kier molecular flexibility index (Phi) is 8.12. The van der Waals surface area contributed by atoms with Crippen LogP contribution in [0.3, 0.4) is 0 Å². The number of aromatic amines is 1. The fourth-order valence-electron chi connectivity index (χ4n) is 3.86. The fourth-order valence-corrected chi connectivity index (χ4v) is 5.65. The Balaban J connectivity index is 1.26. The van der Waals surface area contributed by atoms with Crippen molar-refractivity contribution in [2.45, 2.75) is 13.2 Å². The van der Waals surface area contributed by atoms with Gasteiger partial charge in [0.2, 0.25) is 0 Å². The van der Waals surface area contributed by atoms with Gasteiger partial charge in [-0.25, -0.2) is 22.8 Å². The van der Waals surface area contributed by atoms with Gasteiger partial charge in [-0.15, -0.1) is 11.3 Å². The Labute approximate surface area is 234 Å². The monoisotopic (exact) mass is 585 g/mol. The molecule has 0 aliphatic heterocycles. The largest absolute Gasteiger partial charge is 0.487 e. The first-order valence-electron chi connectivity index (χ1n) is 12.0. The van der Waals surface area contributed by atoms with Gasteiger partial charge in [0, 0.05) is 30.7 Å². The first-order chi connectivity index (χ1) is 18.7. The van der Waals surface area contributed by atoms with Gasteiger partial charge in [-0.05, 0) is 54.1 Å². The highest BCUT2D eigenvalue weighted by molar-refractivity contribution is 7.90. The van der Waals surface area contributed by atoms with Gasteiger partial charge >= 0.3 is 0 Å². The van der Waals surface area contributed by atoms with Crippen molar-refractivity contribution in [1.82, 2.24) is 20.3 Å². The van der Waals surface area contributed by atoms with Crippen molar-refractivity contribution in [2.24, 2.45) is 0 Å². The third-order valence-electron chi connectivity index (χ3n) is 5.77. The number of hydrogen-bond acceptors (Lipinski definition) is 8. The highest BCUT2D eigenvalue weighted by Crippen LogP contribution is 2.37. The standard InChI is InChI=1S/C27H25ClFN5O3S2/c1-39(35,36)10-9-30-14-20-5-7-22(33-20)25-13-23-26(38-25)27(32-16-31-23)34-19-6-8-24(21(28)12-19)37-15-17-3-2-4-18(29)11-17/h2-8,11-13,16,30,33H,9-10,14-15H2,1H3,(H,31,32,34). The molecule has 3 heterocycles. The Morgan fingerprint density at radius 3 is 2.77 bits per heavy atom. The minimum atomic E-state index is -2.99. The molecule has 39 heavy (non-hydrogen) atoms. The van der Waals surface area contributed by atoms with Crippen molar-refractivity contribution >= 4 is 54.5 Å². The average molecular weight is 586 g/mol. The molecular formula is C27H25ClFN5O3S2. The van der Waals surface area contributed by atoms with E-state index in [2.05, 4.69) is 25.6 Å². The Bertz CT molecular complexity index is 1720. The third-order valence-corrected chi connectivity index (χ3v) is 8.17. The third kappa shape index (κ3) is 7.12. The van der Waals surface area contributed by atoms with E-state index in [1.54, 1.807) is 35.6 Å². The van der Waals surface area contributed by atoms with Crippen LogP contribution in [0, 0.1) is 5.82 Å². The zero-order chi connectivity index (χ0) is 27.4. The summed E-state index contributed by atoms with van der Waals surface area (Å²) in [5.74, 6) is 0.924. The number of nitrogens with one attached hydrogen (secondary N) is 3. The molecule has 0 spiro atoms. The number of rotatable bonds is 11. The average Bonchev–Trinajstić information content (AvgIpc) is 3.53. The van der Waals surface area contributed by atoms with Gasteiger partial charge in [0.1, 0.15) is 34.3 Å². The first kappa shape index (κ1) is 27.1. The lowest BCUT2D eigenvalue weighted by atomic mass is 10.2. The van der Waals surface area contributed by atoms with E-state index in [4.69, 9.17) is 16.3 Å². The van der Waals surface area contributed by atoms with E-state index in [0.29, 0.717) is 35.2 Å². The van der Waals surface area contributed by atoms with Crippen LogP contribution in [0.2, 0.25) is 5.02 Å². The molecule has 3 N–H and O–H groups in total.